The largest absolute Gasteiger partial charge is 0.399 e. The zero-order valence-corrected chi connectivity index (χ0v) is 10.1. The quantitative estimate of drug-likeness (QED) is 0.698. The van der Waals surface area contributed by atoms with Crippen LogP contribution in [-0.4, -0.2) is 11.9 Å². The van der Waals surface area contributed by atoms with Crippen LogP contribution in [0.3, 0.4) is 0 Å². The van der Waals surface area contributed by atoms with Gasteiger partial charge in [0.25, 0.3) is 5.91 Å². The van der Waals surface area contributed by atoms with Crippen molar-refractivity contribution in [1.82, 2.24) is 0 Å². The van der Waals surface area contributed by atoms with Crippen molar-refractivity contribution in [2.45, 2.75) is 32.2 Å². The molecule has 2 rings (SSSR count). The smallest absolute Gasteiger partial charge is 0.250 e. The van der Waals surface area contributed by atoms with E-state index in [4.69, 9.17) is 11.5 Å². The number of hydrogen-bond donors (Lipinski definition) is 3. The number of nitrogens with one attached hydrogen (secondary N) is 1. The minimum atomic E-state index is -0.418. The summed E-state index contributed by atoms with van der Waals surface area (Å²) in [5.74, 6) is 0.323. The monoisotopic (exact) mass is 233 g/mol. The summed E-state index contributed by atoms with van der Waals surface area (Å²) in [6.07, 6.45) is 3.49. The number of amides is 1. The van der Waals surface area contributed by atoms with Crippen molar-refractivity contribution in [3.8, 4) is 0 Å². The highest BCUT2D eigenvalue weighted by Crippen LogP contribution is 2.29. The summed E-state index contributed by atoms with van der Waals surface area (Å²) in [6.45, 7) is 2.25. The Bertz CT molecular complexity index is 431. The molecule has 1 aliphatic rings. The molecule has 2 unspecified atom stereocenters. The predicted molar refractivity (Wildman–Crippen MR) is 69.8 cm³/mol. The molecule has 0 aliphatic heterocycles. The maximum absolute atomic E-state index is 11.3. The number of carbonyl (C=O) groups is 1. The molecular formula is C13H19N3O. The van der Waals surface area contributed by atoms with Crippen LogP contribution in [0.1, 0.15) is 36.5 Å². The topological polar surface area (TPSA) is 81.1 Å². The van der Waals surface area contributed by atoms with Gasteiger partial charge in [-0.2, -0.15) is 0 Å². The van der Waals surface area contributed by atoms with Crippen molar-refractivity contribution in [1.29, 1.82) is 0 Å². The normalized spacial score (nSPS) is 23.6. The second-order valence-corrected chi connectivity index (χ2v) is 4.93. The molecule has 0 spiro atoms. The van der Waals surface area contributed by atoms with Gasteiger partial charge in [-0.05, 0) is 43.4 Å². The van der Waals surface area contributed by atoms with Crippen LogP contribution in [0.15, 0.2) is 18.2 Å². The molecule has 0 saturated heterocycles. The van der Waals surface area contributed by atoms with E-state index in [-0.39, 0.29) is 0 Å². The van der Waals surface area contributed by atoms with Gasteiger partial charge in [0, 0.05) is 17.4 Å². The van der Waals surface area contributed by atoms with Crippen molar-refractivity contribution >= 4 is 17.3 Å². The SMILES string of the molecule is CC1CCC(Nc2cc(N)ccc2C(N)=O)C1. The second-order valence-electron chi connectivity index (χ2n) is 4.93. The molecule has 1 amide bonds. The number of benzene rings is 1. The lowest BCUT2D eigenvalue weighted by molar-refractivity contribution is 0.100. The van der Waals surface area contributed by atoms with Crippen LogP contribution in [0.25, 0.3) is 0 Å². The third-order valence-corrected chi connectivity index (χ3v) is 3.36. The van der Waals surface area contributed by atoms with Crippen molar-refractivity contribution in [2.75, 3.05) is 11.1 Å². The molecule has 1 aliphatic carbocycles. The number of nitrogen functional groups attached to an aromatic ring is 1. The van der Waals surface area contributed by atoms with E-state index in [0.29, 0.717) is 17.3 Å². The molecule has 0 heterocycles. The van der Waals surface area contributed by atoms with Crippen LogP contribution in [0.5, 0.6) is 0 Å². The van der Waals surface area contributed by atoms with Crippen LogP contribution in [0.4, 0.5) is 11.4 Å². The number of primary amides is 1. The first-order valence-corrected chi connectivity index (χ1v) is 6.02. The maximum atomic E-state index is 11.3. The van der Waals surface area contributed by atoms with Gasteiger partial charge in [0.05, 0.1) is 5.56 Å². The van der Waals surface area contributed by atoms with E-state index in [1.54, 1.807) is 18.2 Å². The van der Waals surface area contributed by atoms with E-state index in [0.717, 1.165) is 24.4 Å². The summed E-state index contributed by atoms with van der Waals surface area (Å²) in [7, 11) is 0. The minimum absolute atomic E-state index is 0.418. The molecule has 92 valence electrons. The van der Waals surface area contributed by atoms with Gasteiger partial charge < -0.3 is 16.8 Å². The van der Waals surface area contributed by atoms with Crippen molar-refractivity contribution in [3.63, 3.8) is 0 Å². The third kappa shape index (κ3) is 2.70. The van der Waals surface area contributed by atoms with Gasteiger partial charge in [-0.1, -0.05) is 6.92 Å². The Morgan fingerprint density at radius 3 is 2.76 bits per heavy atom. The van der Waals surface area contributed by atoms with Crippen LogP contribution in [0.2, 0.25) is 0 Å². The summed E-state index contributed by atoms with van der Waals surface area (Å²) >= 11 is 0. The van der Waals surface area contributed by atoms with Crippen LogP contribution < -0.4 is 16.8 Å². The Morgan fingerprint density at radius 1 is 1.41 bits per heavy atom. The molecule has 4 heteroatoms. The molecule has 0 aromatic heterocycles. The van der Waals surface area contributed by atoms with E-state index in [1.165, 1.54) is 6.42 Å². The van der Waals surface area contributed by atoms with Crippen molar-refractivity contribution in [3.05, 3.63) is 23.8 Å². The van der Waals surface area contributed by atoms with Gasteiger partial charge in [-0.25, -0.2) is 0 Å². The number of carbonyl (C=O) groups excluding carboxylic acids is 1. The average Bonchev–Trinajstić information content (AvgIpc) is 2.63. The Morgan fingerprint density at radius 2 is 2.18 bits per heavy atom. The van der Waals surface area contributed by atoms with Crippen LogP contribution >= 0.6 is 0 Å². The van der Waals surface area contributed by atoms with Crippen molar-refractivity contribution in [2.24, 2.45) is 11.7 Å². The lowest BCUT2D eigenvalue weighted by Crippen LogP contribution is -2.20. The fraction of sp³-hybridized carbons (Fsp3) is 0.462. The zero-order chi connectivity index (χ0) is 12.4. The van der Waals surface area contributed by atoms with Gasteiger partial charge >= 0.3 is 0 Å². The number of rotatable bonds is 3. The Kier molecular flexibility index (Phi) is 3.22. The fourth-order valence-corrected chi connectivity index (χ4v) is 2.45. The van der Waals surface area contributed by atoms with E-state index in [9.17, 15) is 4.79 Å². The third-order valence-electron chi connectivity index (χ3n) is 3.36. The summed E-state index contributed by atoms with van der Waals surface area (Å²) in [5, 5.41) is 3.38. The molecule has 0 radical (unpaired) electrons. The van der Waals surface area contributed by atoms with E-state index in [1.807, 2.05) is 0 Å². The second kappa shape index (κ2) is 4.65. The highest BCUT2D eigenvalue weighted by molar-refractivity contribution is 5.99. The van der Waals surface area contributed by atoms with Gasteiger partial charge in [0.15, 0.2) is 0 Å². The molecule has 0 bridgehead atoms. The van der Waals surface area contributed by atoms with E-state index in [2.05, 4.69) is 12.2 Å². The van der Waals surface area contributed by atoms with Gasteiger partial charge in [-0.15, -0.1) is 0 Å². The summed E-state index contributed by atoms with van der Waals surface area (Å²) in [5.41, 5.74) is 13.0. The first-order chi connectivity index (χ1) is 8.06. The van der Waals surface area contributed by atoms with Gasteiger partial charge in [0.1, 0.15) is 0 Å². The molecule has 1 saturated carbocycles. The predicted octanol–water partition coefficient (Wildman–Crippen LogP) is 1.97. The average molecular weight is 233 g/mol. The first kappa shape index (κ1) is 11.8. The number of anilines is 2. The number of nitrogens with two attached hydrogens (primary N) is 2. The molecule has 2 atom stereocenters. The molecular weight excluding hydrogens is 214 g/mol. The Labute approximate surface area is 101 Å². The molecule has 1 fully saturated rings. The van der Waals surface area contributed by atoms with Gasteiger partial charge in [-0.3, -0.25) is 4.79 Å². The Hall–Kier alpha value is -1.71. The molecule has 5 N–H and O–H groups in total. The molecule has 17 heavy (non-hydrogen) atoms. The lowest BCUT2D eigenvalue weighted by atomic mass is 10.1. The minimum Gasteiger partial charge on any atom is -0.399 e. The van der Waals surface area contributed by atoms with Crippen LogP contribution in [-0.2, 0) is 0 Å². The lowest BCUT2D eigenvalue weighted by Gasteiger charge is -2.16. The summed E-state index contributed by atoms with van der Waals surface area (Å²) in [6, 6.07) is 5.58. The van der Waals surface area contributed by atoms with E-state index < -0.39 is 5.91 Å². The highest BCUT2D eigenvalue weighted by atomic mass is 16.1. The van der Waals surface area contributed by atoms with Gasteiger partial charge in [0.2, 0.25) is 0 Å². The first-order valence-electron chi connectivity index (χ1n) is 6.02. The summed E-state index contributed by atoms with van der Waals surface area (Å²) < 4.78 is 0. The molecule has 1 aromatic carbocycles. The Balaban J connectivity index is 2.19. The standard InChI is InChI=1S/C13H19N3O/c1-8-2-4-10(6-8)16-12-7-9(14)3-5-11(12)13(15)17/h3,5,7-8,10,16H,2,4,6,14H2,1H3,(H2,15,17). The number of hydrogen-bond acceptors (Lipinski definition) is 3. The zero-order valence-electron chi connectivity index (χ0n) is 10.1. The summed E-state index contributed by atoms with van der Waals surface area (Å²) in [4.78, 5) is 11.3. The maximum Gasteiger partial charge on any atom is 0.250 e. The molecule has 1 aromatic rings. The highest BCUT2D eigenvalue weighted by Gasteiger charge is 2.22. The van der Waals surface area contributed by atoms with Crippen LogP contribution in [0, 0.1) is 5.92 Å². The van der Waals surface area contributed by atoms with Crippen molar-refractivity contribution < 1.29 is 4.79 Å². The molecule has 4 nitrogen and oxygen atoms in total. The van der Waals surface area contributed by atoms with E-state index >= 15 is 0 Å². The fourth-order valence-electron chi connectivity index (χ4n) is 2.45.